The Morgan fingerprint density at radius 2 is 1.93 bits per heavy atom. The van der Waals surface area contributed by atoms with E-state index in [0.717, 1.165) is 12.8 Å². The summed E-state index contributed by atoms with van der Waals surface area (Å²) in [5.41, 5.74) is -0.186. The van der Waals surface area contributed by atoms with Gasteiger partial charge in [-0.1, -0.05) is 6.42 Å². The van der Waals surface area contributed by atoms with Gasteiger partial charge in [0.15, 0.2) is 12.3 Å². The lowest BCUT2D eigenvalue weighted by Gasteiger charge is -2.37. The summed E-state index contributed by atoms with van der Waals surface area (Å²) in [6.07, 6.45) is 6.10. The zero-order valence-corrected chi connectivity index (χ0v) is 9.13. The Morgan fingerprint density at radius 1 is 1.13 bits per heavy atom. The molecule has 1 saturated carbocycles. The second-order valence-corrected chi connectivity index (χ2v) is 5.25. The third-order valence-corrected chi connectivity index (χ3v) is 4.40. The Bertz CT molecular complexity index is 252. The van der Waals surface area contributed by atoms with Crippen LogP contribution < -0.4 is 4.90 Å². The van der Waals surface area contributed by atoms with Gasteiger partial charge in [-0.2, -0.15) is 0 Å². The Balaban J connectivity index is 1.87. The van der Waals surface area contributed by atoms with Gasteiger partial charge in [0.05, 0.1) is 0 Å². The summed E-state index contributed by atoms with van der Waals surface area (Å²) < 4.78 is 11.6. The van der Waals surface area contributed by atoms with Crippen LogP contribution in [0.25, 0.3) is 0 Å². The van der Waals surface area contributed by atoms with Crippen molar-refractivity contribution >= 4 is 0 Å². The molecule has 1 aliphatic carbocycles. The third-order valence-electron chi connectivity index (χ3n) is 4.40. The summed E-state index contributed by atoms with van der Waals surface area (Å²) in [4.78, 5) is 1.36. The standard InChI is InChI=1S/C11H19NO3/c13-6-10-7-14-9-12(10)11(15-8-10)4-2-1-3-5-11/h13H,1-9H2/p+1/t10-/m1/s1. The van der Waals surface area contributed by atoms with E-state index in [4.69, 9.17) is 9.47 Å². The Kier molecular flexibility index (Phi) is 2.28. The highest BCUT2D eigenvalue weighted by Gasteiger charge is 2.63. The van der Waals surface area contributed by atoms with E-state index in [1.807, 2.05) is 0 Å². The van der Waals surface area contributed by atoms with Gasteiger partial charge in [-0.05, 0) is 12.8 Å². The van der Waals surface area contributed by atoms with E-state index in [2.05, 4.69) is 0 Å². The highest BCUT2D eigenvalue weighted by atomic mass is 16.6. The number of aliphatic hydroxyl groups is 1. The van der Waals surface area contributed by atoms with Crippen molar-refractivity contribution in [2.24, 2.45) is 0 Å². The van der Waals surface area contributed by atoms with Crippen molar-refractivity contribution in [2.75, 3.05) is 26.6 Å². The van der Waals surface area contributed by atoms with Crippen LogP contribution >= 0.6 is 0 Å². The highest BCUT2D eigenvalue weighted by Crippen LogP contribution is 2.33. The lowest BCUT2D eigenvalue weighted by Crippen LogP contribution is -3.24. The Hall–Kier alpha value is -0.160. The zero-order valence-electron chi connectivity index (χ0n) is 9.13. The maximum atomic E-state index is 9.56. The van der Waals surface area contributed by atoms with Gasteiger partial charge in [0.25, 0.3) is 0 Å². The molecule has 3 rings (SSSR count). The lowest BCUT2D eigenvalue weighted by molar-refractivity contribution is -0.994. The molecule has 15 heavy (non-hydrogen) atoms. The average molecular weight is 214 g/mol. The van der Waals surface area contributed by atoms with E-state index in [9.17, 15) is 5.11 Å². The molecule has 4 heteroatoms. The number of quaternary nitrogens is 1. The van der Waals surface area contributed by atoms with Crippen molar-refractivity contribution in [3.63, 3.8) is 0 Å². The maximum absolute atomic E-state index is 9.56. The first kappa shape index (κ1) is 10.0. The smallest absolute Gasteiger partial charge is 0.204 e. The first-order chi connectivity index (χ1) is 7.31. The largest absolute Gasteiger partial charge is 0.390 e. The molecule has 2 saturated heterocycles. The second-order valence-electron chi connectivity index (χ2n) is 5.25. The molecule has 0 aromatic heterocycles. The van der Waals surface area contributed by atoms with Gasteiger partial charge in [-0.3, -0.25) is 4.90 Å². The van der Waals surface area contributed by atoms with Crippen LogP contribution in [0.1, 0.15) is 32.1 Å². The van der Waals surface area contributed by atoms with E-state index in [0.29, 0.717) is 19.9 Å². The van der Waals surface area contributed by atoms with E-state index in [-0.39, 0.29) is 17.9 Å². The molecule has 2 N–H and O–H groups in total. The van der Waals surface area contributed by atoms with E-state index < -0.39 is 0 Å². The van der Waals surface area contributed by atoms with Gasteiger partial charge in [-0.25, -0.2) is 0 Å². The minimum absolute atomic E-state index is 0.0303. The fourth-order valence-electron chi connectivity index (χ4n) is 3.45. The molecule has 0 aromatic rings. The lowest BCUT2D eigenvalue weighted by atomic mass is 9.89. The number of nitrogens with one attached hydrogen (secondary N) is 1. The van der Waals surface area contributed by atoms with Crippen molar-refractivity contribution in [3.05, 3.63) is 0 Å². The number of rotatable bonds is 1. The Labute approximate surface area is 90.2 Å². The predicted molar refractivity (Wildman–Crippen MR) is 53.4 cm³/mol. The fraction of sp³-hybridized carbons (Fsp3) is 1.00. The van der Waals surface area contributed by atoms with Crippen LogP contribution in [0, 0.1) is 0 Å². The Morgan fingerprint density at radius 3 is 2.67 bits per heavy atom. The molecule has 3 aliphatic rings. The summed E-state index contributed by atoms with van der Waals surface area (Å²) in [6.45, 7) is 2.21. The minimum Gasteiger partial charge on any atom is -0.390 e. The number of fused-ring (bicyclic) bond motifs is 2. The average Bonchev–Trinajstić information content (AvgIpc) is 2.82. The zero-order chi connectivity index (χ0) is 10.4. The molecule has 0 bridgehead atoms. The van der Waals surface area contributed by atoms with Crippen LogP contribution in [-0.2, 0) is 9.47 Å². The van der Waals surface area contributed by atoms with Crippen molar-refractivity contribution in [1.29, 1.82) is 0 Å². The van der Waals surface area contributed by atoms with E-state index in [1.165, 1.54) is 24.2 Å². The summed E-state index contributed by atoms with van der Waals surface area (Å²) >= 11 is 0. The molecule has 2 heterocycles. The van der Waals surface area contributed by atoms with Crippen molar-refractivity contribution in [2.45, 2.75) is 43.4 Å². The highest BCUT2D eigenvalue weighted by molar-refractivity contribution is 4.91. The van der Waals surface area contributed by atoms with Gasteiger partial charge in [-0.15, -0.1) is 0 Å². The third kappa shape index (κ3) is 1.29. The van der Waals surface area contributed by atoms with Crippen LogP contribution in [0.2, 0.25) is 0 Å². The monoisotopic (exact) mass is 214 g/mol. The number of hydrogen-bond acceptors (Lipinski definition) is 3. The van der Waals surface area contributed by atoms with Gasteiger partial charge in [0.1, 0.15) is 19.8 Å². The van der Waals surface area contributed by atoms with Gasteiger partial charge in [0, 0.05) is 12.8 Å². The number of hydrogen-bond donors (Lipinski definition) is 2. The molecular formula is C11H20NO3+. The minimum atomic E-state index is -0.155. The number of ether oxygens (including phenoxy) is 2. The first-order valence-electron chi connectivity index (χ1n) is 6.01. The maximum Gasteiger partial charge on any atom is 0.204 e. The van der Waals surface area contributed by atoms with Crippen molar-refractivity contribution in [3.8, 4) is 0 Å². The second kappa shape index (κ2) is 3.42. The molecular weight excluding hydrogens is 194 g/mol. The van der Waals surface area contributed by atoms with Gasteiger partial charge in [0.2, 0.25) is 5.72 Å². The number of aliphatic hydroxyl groups excluding tert-OH is 1. The molecule has 0 aromatic carbocycles. The molecule has 0 radical (unpaired) electrons. The molecule has 0 amide bonds. The van der Waals surface area contributed by atoms with Crippen molar-refractivity contribution < 1.29 is 19.5 Å². The van der Waals surface area contributed by atoms with Crippen LogP contribution in [0.15, 0.2) is 0 Å². The summed E-state index contributed by atoms with van der Waals surface area (Å²) in [6, 6.07) is 0. The molecule has 4 nitrogen and oxygen atoms in total. The van der Waals surface area contributed by atoms with E-state index in [1.54, 1.807) is 0 Å². The topological polar surface area (TPSA) is 43.1 Å². The van der Waals surface area contributed by atoms with Crippen LogP contribution in [0.5, 0.6) is 0 Å². The van der Waals surface area contributed by atoms with Gasteiger partial charge >= 0.3 is 0 Å². The molecule has 86 valence electrons. The van der Waals surface area contributed by atoms with Crippen molar-refractivity contribution in [1.82, 2.24) is 0 Å². The molecule has 2 aliphatic heterocycles. The molecule has 3 fully saturated rings. The predicted octanol–water partition coefficient (Wildman–Crippen LogP) is -0.719. The normalized spacial score (nSPS) is 43.4. The van der Waals surface area contributed by atoms with Crippen LogP contribution in [0.4, 0.5) is 0 Å². The first-order valence-corrected chi connectivity index (χ1v) is 6.01. The van der Waals surface area contributed by atoms with Crippen LogP contribution in [-0.4, -0.2) is 42.9 Å². The van der Waals surface area contributed by atoms with Crippen LogP contribution in [0.3, 0.4) is 0 Å². The SMILES string of the molecule is OC[C@]12COC[NH+]1C1(CCCCC1)OC2. The van der Waals surface area contributed by atoms with E-state index >= 15 is 0 Å². The quantitative estimate of drug-likeness (QED) is 0.605. The summed E-state index contributed by atoms with van der Waals surface area (Å²) in [5.74, 6) is 0. The molecule has 1 spiro atoms. The molecule has 1 unspecified atom stereocenters. The summed E-state index contributed by atoms with van der Waals surface area (Å²) in [7, 11) is 0. The van der Waals surface area contributed by atoms with Gasteiger partial charge < -0.3 is 14.6 Å². The molecule has 2 atom stereocenters. The fourth-order valence-corrected chi connectivity index (χ4v) is 3.45. The summed E-state index contributed by atoms with van der Waals surface area (Å²) in [5, 5.41) is 9.56.